The zero-order valence-electron chi connectivity index (χ0n) is 10.9. The highest BCUT2D eigenvalue weighted by Crippen LogP contribution is 2.26. The van der Waals surface area contributed by atoms with Crippen LogP contribution in [-0.4, -0.2) is 33.8 Å². The molecule has 4 heteroatoms. The Bertz CT molecular complexity index is 406. The van der Waals surface area contributed by atoms with E-state index in [-0.39, 0.29) is 5.72 Å². The van der Waals surface area contributed by atoms with Crippen LogP contribution in [0.4, 0.5) is 0 Å². The van der Waals surface area contributed by atoms with Gasteiger partial charge in [0.15, 0.2) is 0 Å². The van der Waals surface area contributed by atoms with E-state index in [0.717, 1.165) is 29.6 Å². The Labute approximate surface area is 119 Å². The summed E-state index contributed by atoms with van der Waals surface area (Å²) < 4.78 is 6.62. The van der Waals surface area contributed by atoms with Crippen LogP contribution in [0, 0.1) is 0 Å². The minimum absolute atomic E-state index is 0.239. The normalized spacial score (nSPS) is 18.0. The fourth-order valence-electron chi connectivity index (χ4n) is 2.02. The maximum atomic E-state index is 5.66. The fraction of sp³-hybridized carbons (Fsp3) is 0.500. The number of thiocarbonyl (C=S) groups is 1. The van der Waals surface area contributed by atoms with Crippen molar-refractivity contribution in [3.63, 3.8) is 0 Å². The predicted octanol–water partition coefficient (Wildman–Crippen LogP) is 3.32. The lowest BCUT2D eigenvalue weighted by molar-refractivity contribution is -0.0187. The van der Waals surface area contributed by atoms with Gasteiger partial charge in [0, 0.05) is 12.3 Å². The van der Waals surface area contributed by atoms with Gasteiger partial charge in [-0.15, -0.1) is 0 Å². The lowest BCUT2D eigenvalue weighted by Gasteiger charge is -2.31. The van der Waals surface area contributed by atoms with E-state index in [9.17, 15) is 0 Å². The van der Waals surface area contributed by atoms with Gasteiger partial charge in [-0.2, -0.15) is 0 Å². The third kappa shape index (κ3) is 3.46. The average Bonchev–Trinajstić information content (AvgIpc) is 2.70. The number of benzene rings is 1. The summed E-state index contributed by atoms with van der Waals surface area (Å²) in [6, 6.07) is 10.5. The van der Waals surface area contributed by atoms with Crippen molar-refractivity contribution in [2.24, 2.45) is 0 Å². The Morgan fingerprint density at radius 1 is 1.39 bits per heavy atom. The highest BCUT2D eigenvalue weighted by molar-refractivity contribution is 8.22. The molecule has 1 aliphatic rings. The smallest absolute Gasteiger partial charge is 0.138 e. The number of rotatable bonds is 3. The predicted molar refractivity (Wildman–Crippen MR) is 81.9 cm³/mol. The number of ether oxygens (including phenoxy) is 1. The van der Waals surface area contributed by atoms with Gasteiger partial charge in [-0.25, -0.2) is 0 Å². The minimum Gasteiger partial charge on any atom is -0.354 e. The molecular weight excluding hydrogens is 262 g/mol. The van der Waals surface area contributed by atoms with Crippen LogP contribution in [0.3, 0.4) is 0 Å². The van der Waals surface area contributed by atoms with Crippen molar-refractivity contribution >= 4 is 28.3 Å². The van der Waals surface area contributed by atoms with E-state index in [1.54, 1.807) is 11.8 Å². The van der Waals surface area contributed by atoms with Crippen LogP contribution < -0.4 is 0 Å². The first kappa shape index (κ1) is 13.8. The fourth-order valence-corrected chi connectivity index (χ4v) is 3.56. The van der Waals surface area contributed by atoms with Gasteiger partial charge < -0.3 is 9.64 Å². The maximum absolute atomic E-state index is 5.66. The molecule has 0 spiro atoms. The summed E-state index contributed by atoms with van der Waals surface area (Å²) in [5, 5.41) is 0. The molecule has 0 amide bonds. The van der Waals surface area contributed by atoms with Crippen molar-refractivity contribution in [2.45, 2.75) is 26.0 Å². The SMILES string of the molecule is CC1(C)OCCN1C(=S)SCCc1ccccc1. The number of thioether (sulfide) groups is 1. The summed E-state index contributed by atoms with van der Waals surface area (Å²) in [5.41, 5.74) is 1.13. The molecule has 0 aliphatic carbocycles. The molecule has 2 rings (SSSR count). The first-order valence-corrected chi connectivity index (χ1v) is 7.61. The van der Waals surface area contributed by atoms with Crippen LogP contribution in [0.1, 0.15) is 19.4 Å². The highest BCUT2D eigenvalue weighted by Gasteiger charge is 2.34. The van der Waals surface area contributed by atoms with Crippen LogP contribution in [-0.2, 0) is 11.2 Å². The molecular formula is C14H19NOS2. The van der Waals surface area contributed by atoms with E-state index >= 15 is 0 Å². The molecule has 1 aliphatic heterocycles. The van der Waals surface area contributed by atoms with Crippen LogP contribution in [0.2, 0.25) is 0 Å². The summed E-state index contributed by atoms with van der Waals surface area (Å²) in [5.74, 6) is 1.02. The zero-order chi connectivity index (χ0) is 13.0. The van der Waals surface area contributed by atoms with Gasteiger partial charge in [0.1, 0.15) is 10.0 Å². The Kier molecular flexibility index (Phi) is 4.65. The lowest BCUT2D eigenvalue weighted by atomic mass is 10.2. The van der Waals surface area contributed by atoms with Gasteiger partial charge in [-0.3, -0.25) is 0 Å². The van der Waals surface area contributed by atoms with Crippen molar-refractivity contribution < 1.29 is 4.74 Å². The second-order valence-electron chi connectivity index (χ2n) is 4.80. The molecule has 1 aromatic rings. The Morgan fingerprint density at radius 2 is 2.11 bits per heavy atom. The molecule has 1 aromatic carbocycles. The monoisotopic (exact) mass is 281 g/mol. The second kappa shape index (κ2) is 6.04. The van der Waals surface area contributed by atoms with Crippen LogP contribution in [0.15, 0.2) is 30.3 Å². The van der Waals surface area contributed by atoms with Crippen molar-refractivity contribution in [1.82, 2.24) is 4.90 Å². The van der Waals surface area contributed by atoms with Crippen molar-refractivity contribution in [3.05, 3.63) is 35.9 Å². The van der Waals surface area contributed by atoms with Crippen molar-refractivity contribution in [3.8, 4) is 0 Å². The van der Waals surface area contributed by atoms with Gasteiger partial charge in [-0.1, -0.05) is 54.3 Å². The largest absolute Gasteiger partial charge is 0.354 e. The third-order valence-electron chi connectivity index (χ3n) is 3.10. The standard InChI is InChI=1S/C14H19NOS2/c1-14(2)15(9-10-16-14)13(17)18-11-8-12-6-4-3-5-7-12/h3-7H,8-11H2,1-2H3. The van der Waals surface area contributed by atoms with Crippen LogP contribution in [0.5, 0.6) is 0 Å². The summed E-state index contributed by atoms with van der Waals surface area (Å²) in [6.45, 7) is 5.82. The molecule has 0 unspecified atom stereocenters. The van der Waals surface area contributed by atoms with Crippen molar-refractivity contribution in [2.75, 3.05) is 18.9 Å². The molecule has 0 atom stereocenters. The molecule has 0 radical (unpaired) electrons. The van der Waals surface area contributed by atoms with E-state index < -0.39 is 0 Å². The molecule has 18 heavy (non-hydrogen) atoms. The quantitative estimate of drug-likeness (QED) is 0.788. The molecule has 2 nitrogen and oxygen atoms in total. The van der Waals surface area contributed by atoms with E-state index in [1.807, 2.05) is 6.07 Å². The van der Waals surface area contributed by atoms with E-state index in [0.29, 0.717) is 0 Å². The number of hydrogen-bond donors (Lipinski definition) is 0. The summed E-state index contributed by atoms with van der Waals surface area (Å²) >= 11 is 7.24. The Morgan fingerprint density at radius 3 is 2.72 bits per heavy atom. The Balaban J connectivity index is 1.79. The minimum atomic E-state index is -0.239. The van der Waals surface area contributed by atoms with Gasteiger partial charge >= 0.3 is 0 Å². The third-order valence-corrected chi connectivity index (χ3v) is 4.55. The topological polar surface area (TPSA) is 12.5 Å². The lowest BCUT2D eigenvalue weighted by Crippen LogP contribution is -2.41. The van der Waals surface area contributed by atoms with Gasteiger partial charge in [0.25, 0.3) is 0 Å². The summed E-state index contributed by atoms with van der Waals surface area (Å²) in [4.78, 5) is 2.18. The molecule has 1 saturated heterocycles. The molecule has 0 aromatic heterocycles. The summed E-state index contributed by atoms with van der Waals surface area (Å²) in [6.07, 6.45) is 1.06. The van der Waals surface area contributed by atoms with E-state index in [2.05, 4.69) is 43.0 Å². The molecule has 1 heterocycles. The molecule has 1 fully saturated rings. The molecule has 98 valence electrons. The highest BCUT2D eigenvalue weighted by atomic mass is 32.2. The number of aryl methyl sites for hydroxylation is 1. The second-order valence-corrected chi connectivity index (χ2v) is 6.53. The van der Waals surface area contributed by atoms with Crippen LogP contribution >= 0.6 is 24.0 Å². The van der Waals surface area contributed by atoms with E-state index in [4.69, 9.17) is 17.0 Å². The summed E-state index contributed by atoms with van der Waals surface area (Å²) in [7, 11) is 0. The molecule has 0 N–H and O–H groups in total. The Hall–Kier alpha value is -0.580. The van der Waals surface area contributed by atoms with E-state index in [1.165, 1.54) is 5.56 Å². The van der Waals surface area contributed by atoms with Gasteiger partial charge in [0.2, 0.25) is 0 Å². The number of hydrogen-bond acceptors (Lipinski definition) is 3. The van der Waals surface area contributed by atoms with Crippen molar-refractivity contribution in [1.29, 1.82) is 0 Å². The maximum Gasteiger partial charge on any atom is 0.138 e. The molecule has 0 bridgehead atoms. The number of nitrogens with zero attached hydrogens (tertiary/aromatic N) is 1. The first-order valence-electron chi connectivity index (χ1n) is 6.22. The molecule has 0 saturated carbocycles. The zero-order valence-corrected chi connectivity index (χ0v) is 12.5. The van der Waals surface area contributed by atoms with Gasteiger partial charge in [-0.05, 0) is 25.8 Å². The van der Waals surface area contributed by atoms with Crippen LogP contribution in [0.25, 0.3) is 0 Å². The van der Waals surface area contributed by atoms with Gasteiger partial charge in [0.05, 0.1) is 6.61 Å². The first-order chi connectivity index (χ1) is 8.59. The average molecular weight is 281 g/mol.